The van der Waals surface area contributed by atoms with Crippen molar-refractivity contribution >= 4 is 63.0 Å². The van der Waals surface area contributed by atoms with E-state index in [4.69, 9.17) is 37.4 Å². The average Bonchev–Trinajstić information content (AvgIpc) is 3.78. The van der Waals surface area contributed by atoms with Crippen molar-refractivity contribution in [2.45, 2.75) is 64.9 Å². The summed E-state index contributed by atoms with van der Waals surface area (Å²) < 4.78 is 72.8. The number of halogens is 4. The van der Waals surface area contributed by atoms with Gasteiger partial charge in [0.1, 0.15) is 24.8 Å². The second-order valence-corrected chi connectivity index (χ2v) is 14.4. The molecule has 1 N–H and O–H groups in total. The highest BCUT2D eigenvalue weighted by molar-refractivity contribution is 7.80. The lowest BCUT2D eigenvalue weighted by Crippen LogP contribution is -2.35. The zero-order valence-electron chi connectivity index (χ0n) is 27.3. The lowest BCUT2D eigenvalue weighted by atomic mass is 10.0. The predicted molar refractivity (Wildman–Crippen MR) is 184 cm³/mol. The minimum atomic E-state index is -3.07. The van der Waals surface area contributed by atoms with E-state index < -0.39 is 48.1 Å². The number of alkyl halides is 2. The fourth-order valence-electron chi connectivity index (χ4n) is 5.11. The number of benzene rings is 2. The summed E-state index contributed by atoms with van der Waals surface area (Å²) in [6.45, 7) is 1.64. The minimum Gasteiger partial charge on any atom is -0.489 e. The third-order valence-electron chi connectivity index (χ3n) is 7.57. The fourth-order valence-corrected chi connectivity index (χ4v) is 6.14. The number of anilines is 1. The van der Waals surface area contributed by atoms with E-state index in [1.807, 2.05) is 0 Å². The molecule has 0 bridgehead atoms. The van der Waals surface area contributed by atoms with Gasteiger partial charge in [-0.15, -0.1) is 0 Å². The van der Waals surface area contributed by atoms with Crippen LogP contribution < -0.4 is 13.8 Å². The molecule has 11 nitrogen and oxygen atoms in total. The number of ether oxygens (including phenoxy) is 4. The van der Waals surface area contributed by atoms with Crippen molar-refractivity contribution in [3.63, 3.8) is 0 Å². The molecule has 2 aromatic carbocycles. The second kappa shape index (κ2) is 15.9. The topological polar surface area (TPSA) is 129 Å². The van der Waals surface area contributed by atoms with Crippen molar-refractivity contribution in [2.24, 2.45) is 5.92 Å². The molecule has 2 heterocycles. The van der Waals surface area contributed by atoms with Crippen molar-refractivity contribution < 1.29 is 46.1 Å². The number of esters is 2. The van der Waals surface area contributed by atoms with Gasteiger partial charge < -0.3 is 23.5 Å². The van der Waals surface area contributed by atoms with Crippen LogP contribution in [-0.4, -0.2) is 55.6 Å². The van der Waals surface area contributed by atoms with Crippen LogP contribution in [0, 0.1) is 5.92 Å². The third kappa shape index (κ3) is 10.1. The number of fused-ring (bicyclic) bond motifs is 1. The highest BCUT2D eigenvalue weighted by atomic mass is 35.5. The summed E-state index contributed by atoms with van der Waals surface area (Å²) in [5.41, 5.74) is 1.01. The quantitative estimate of drug-likeness (QED) is 0.0967. The largest absolute Gasteiger partial charge is 0.489 e. The Morgan fingerprint density at radius 3 is 2.42 bits per heavy atom. The van der Waals surface area contributed by atoms with Gasteiger partial charge in [-0.3, -0.25) is 23.4 Å². The molecule has 1 aliphatic rings. The molecule has 1 aliphatic carbocycles. The average molecular weight is 755 g/mol. The molecule has 4 aromatic rings. The highest BCUT2D eigenvalue weighted by Gasteiger charge is 2.27. The molecule has 268 valence electrons. The van der Waals surface area contributed by atoms with E-state index in [9.17, 15) is 27.1 Å². The summed E-state index contributed by atoms with van der Waals surface area (Å²) in [6, 6.07) is 10.8. The molecular weight excluding hydrogens is 719 g/mol. The lowest BCUT2D eigenvalue weighted by molar-refractivity contribution is -0.153. The van der Waals surface area contributed by atoms with E-state index in [-0.39, 0.29) is 40.2 Å². The van der Waals surface area contributed by atoms with Gasteiger partial charge in [0.05, 0.1) is 22.3 Å². The molecule has 16 heteroatoms. The first kappa shape index (κ1) is 37.3. The lowest BCUT2D eigenvalue weighted by Gasteiger charge is -2.24. The monoisotopic (exact) mass is 753 g/mol. The molecular formula is C34H35Cl2F2N3O8S. The van der Waals surface area contributed by atoms with Crippen LogP contribution in [0.15, 0.2) is 61.1 Å². The number of hydrogen-bond donors (Lipinski definition) is 1. The smallest absolute Gasteiger partial charge is 0.387 e. The first-order valence-electron chi connectivity index (χ1n) is 15.5. The molecule has 50 heavy (non-hydrogen) atoms. The molecule has 1 saturated carbocycles. The van der Waals surface area contributed by atoms with Gasteiger partial charge in [0.2, 0.25) is 0 Å². The molecule has 0 spiro atoms. The van der Waals surface area contributed by atoms with E-state index in [0.717, 1.165) is 17.1 Å². The summed E-state index contributed by atoms with van der Waals surface area (Å²) in [5.74, 6) is -1.06. The Kier molecular flexibility index (Phi) is 11.9. The van der Waals surface area contributed by atoms with Crippen LogP contribution in [-0.2, 0) is 43.3 Å². The van der Waals surface area contributed by atoms with Gasteiger partial charge >= 0.3 is 18.6 Å². The Morgan fingerprint density at radius 1 is 1.06 bits per heavy atom. The van der Waals surface area contributed by atoms with Crippen LogP contribution in [0.3, 0.4) is 0 Å². The summed E-state index contributed by atoms with van der Waals surface area (Å²) in [7, 11) is 0. The van der Waals surface area contributed by atoms with E-state index >= 15 is 0 Å². The van der Waals surface area contributed by atoms with Crippen LogP contribution in [0.1, 0.15) is 50.8 Å². The highest BCUT2D eigenvalue weighted by Crippen LogP contribution is 2.38. The van der Waals surface area contributed by atoms with Crippen LogP contribution in [0.4, 0.5) is 14.5 Å². The Balaban J connectivity index is 1.38. The van der Waals surface area contributed by atoms with Gasteiger partial charge in [-0.1, -0.05) is 29.3 Å². The molecule has 1 fully saturated rings. The maximum absolute atomic E-state index is 13.5. The summed E-state index contributed by atoms with van der Waals surface area (Å²) >= 11 is 10.3. The molecule has 1 unspecified atom stereocenters. The zero-order chi connectivity index (χ0) is 36.2. The van der Waals surface area contributed by atoms with Crippen molar-refractivity contribution in [2.75, 3.05) is 17.5 Å². The standard InChI is InChI=1S/C34H35Cl2F2N3O8S/c1-34(2,3)49-32(43)18-41(50(44)45)23-7-8-27-21(12-23)10-11-40(27)17-31(42)47-29(14-24-25(35)15-39-16-26(24)36)22-6-9-28(48-33(37)38)30(13-22)46-19-20-4-5-20/h6-13,15-16,20,29,33H,4-5,14,17-19H2,1-3H3,(H,44,45)/t29-/m0/s1. The van der Waals surface area contributed by atoms with E-state index in [1.54, 1.807) is 55.8 Å². The molecule has 0 saturated heterocycles. The molecule has 2 atom stereocenters. The molecule has 0 radical (unpaired) electrons. The Bertz CT molecular complexity index is 1860. The van der Waals surface area contributed by atoms with Gasteiger partial charge in [0.25, 0.3) is 11.3 Å². The SMILES string of the molecule is CC(C)(C)OC(=O)CN(c1ccc2c(ccn2CC(=O)O[C@@H](Cc2c(Cl)cncc2Cl)c2ccc(OC(F)F)c(OCC3CC3)c2)c1)S(=O)O. The van der Waals surface area contributed by atoms with E-state index in [2.05, 4.69) is 9.72 Å². The number of rotatable bonds is 15. The fraction of sp³-hybridized carbons (Fsp3) is 0.382. The van der Waals surface area contributed by atoms with Crippen LogP contribution in [0.2, 0.25) is 10.0 Å². The van der Waals surface area contributed by atoms with Gasteiger partial charge in [-0.2, -0.15) is 8.78 Å². The molecule has 0 aliphatic heterocycles. The Labute approximate surface area is 299 Å². The Hall–Kier alpha value is -3.98. The zero-order valence-corrected chi connectivity index (χ0v) is 29.6. The summed E-state index contributed by atoms with van der Waals surface area (Å²) in [6.07, 6.45) is 5.48. The first-order chi connectivity index (χ1) is 23.7. The predicted octanol–water partition coefficient (Wildman–Crippen LogP) is 7.55. The van der Waals surface area contributed by atoms with Crippen LogP contribution >= 0.6 is 23.2 Å². The number of carbonyl (C=O) groups is 2. The number of aromatic nitrogens is 2. The minimum absolute atomic E-state index is 0.0324. The summed E-state index contributed by atoms with van der Waals surface area (Å²) in [5, 5.41) is 1.12. The molecule has 0 amide bonds. The van der Waals surface area contributed by atoms with Crippen LogP contribution in [0.25, 0.3) is 10.9 Å². The number of pyridine rings is 1. The van der Waals surface area contributed by atoms with Crippen molar-refractivity contribution in [3.8, 4) is 11.5 Å². The molecule has 5 rings (SSSR count). The van der Waals surface area contributed by atoms with Crippen molar-refractivity contribution in [3.05, 3.63) is 82.2 Å². The normalized spacial score (nSPS) is 14.3. The van der Waals surface area contributed by atoms with Crippen molar-refractivity contribution in [1.82, 2.24) is 9.55 Å². The maximum Gasteiger partial charge on any atom is 0.387 e. The van der Waals surface area contributed by atoms with Crippen molar-refractivity contribution in [1.29, 1.82) is 0 Å². The number of carbonyl (C=O) groups excluding carboxylic acids is 2. The third-order valence-corrected chi connectivity index (χ3v) is 8.93. The second-order valence-electron chi connectivity index (χ2n) is 12.6. The summed E-state index contributed by atoms with van der Waals surface area (Å²) in [4.78, 5) is 29.9. The maximum atomic E-state index is 13.5. The number of nitrogens with zero attached hydrogens (tertiary/aromatic N) is 3. The van der Waals surface area contributed by atoms with E-state index in [1.165, 1.54) is 30.6 Å². The number of hydrogen-bond acceptors (Lipinski definition) is 8. The van der Waals surface area contributed by atoms with Gasteiger partial charge in [-0.05, 0) is 87.1 Å². The molecule has 2 aromatic heterocycles. The van der Waals surface area contributed by atoms with Gasteiger partial charge in [0.15, 0.2) is 11.5 Å². The van der Waals surface area contributed by atoms with E-state index in [0.29, 0.717) is 34.6 Å². The van der Waals surface area contributed by atoms with Gasteiger partial charge in [-0.25, -0.2) is 4.21 Å². The van der Waals surface area contributed by atoms with Crippen LogP contribution in [0.5, 0.6) is 11.5 Å². The van der Waals surface area contributed by atoms with Gasteiger partial charge in [0, 0.05) is 35.9 Å². The Morgan fingerprint density at radius 2 is 1.78 bits per heavy atom. The first-order valence-corrected chi connectivity index (χ1v) is 17.4.